The molecule has 0 spiro atoms. The van der Waals surface area contributed by atoms with Crippen molar-refractivity contribution < 1.29 is 9.47 Å². The van der Waals surface area contributed by atoms with E-state index in [0.29, 0.717) is 0 Å². The summed E-state index contributed by atoms with van der Waals surface area (Å²) in [5.74, 6) is 1.81. The van der Waals surface area contributed by atoms with Gasteiger partial charge in [0.1, 0.15) is 11.5 Å². The fraction of sp³-hybridized carbons (Fsp3) is 0.409. The minimum Gasteiger partial charge on any atom is -0.494 e. The smallest absolute Gasteiger partial charge is 0.119 e. The van der Waals surface area contributed by atoms with Crippen molar-refractivity contribution >= 4 is 11.9 Å². The summed E-state index contributed by atoms with van der Waals surface area (Å²) >= 11 is 0. The first-order valence-corrected chi connectivity index (χ1v) is 9.31. The first kappa shape index (κ1) is 19.0. The van der Waals surface area contributed by atoms with Crippen LogP contribution in [-0.4, -0.2) is 19.4 Å². The van der Waals surface area contributed by atoms with Gasteiger partial charge in [0.05, 0.1) is 18.9 Å². The van der Waals surface area contributed by atoms with Gasteiger partial charge in [0.15, 0.2) is 0 Å². The molecule has 3 nitrogen and oxygen atoms in total. The van der Waals surface area contributed by atoms with Crippen LogP contribution in [0.5, 0.6) is 11.5 Å². The van der Waals surface area contributed by atoms with Gasteiger partial charge in [-0.1, -0.05) is 33.1 Å². The van der Waals surface area contributed by atoms with E-state index in [1.807, 2.05) is 54.7 Å². The van der Waals surface area contributed by atoms with Gasteiger partial charge in [-0.05, 0) is 66.9 Å². The molecule has 0 amide bonds. The first-order chi connectivity index (χ1) is 12.3. The van der Waals surface area contributed by atoms with Crippen molar-refractivity contribution in [3.05, 3.63) is 54.1 Å². The molecule has 0 aliphatic heterocycles. The maximum Gasteiger partial charge on any atom is 0.119 e. The largest absolute Gasteiger partial charge is 0.494 e. The zero-order chi connectivity index (χ0) is 17.7. The molecule has 0 aliphatic rings. The van der Waals surface area contributed by atoms with Gasteiger partial charge in [-0.2, -0.15) is 0 Å². The molecule has 3 heteroatoms. The maximum atomic E-state index is 5.75. The molecule has 25 heavy (non-hydrogen) atoms. The van der Waals surface area contributed by atoms with E-state index in [0.717, 1.165) is 48.8 Å². The Labute approximate surface area is 151 Å². The van der Waals surface area contributed by atoms with Gasteiger partial charge < -0.3 is 9.47 Å². The Balaban J connectivity index is 1.80. The number of hydrogen-bond acceptors (Lipinski definition) is 3. The van der Waals surface area contributed by atoms with E-state index in [4.69, 9.17) is 9.47 Å². The second-order valence-corrected chi connectivity index (χ2v) is 6.08. The van der Waals surface area contributed by atoms with Crippen LogP contribution in [0.15, 0.2) is 53.5 Å². The first-order valence-electron chi connectivity index (χ1n) is 9.31. The lowest BCUT2D eigenvalue weighted by molar-refractivity contribution is 0.305. The Morgan fingerprint density at radius 2 is 1.36 bits per heavy atom. The van der Waals surface area contributed by atoms with E-state index in [-0.39, 0.29) is 0 Å². The molecule has 0 radical (unpaired) electrons. The number of nitrogens with zero attached hydrogens (tertiary/aromatic N) is 1. The molecule has 0 bridgehead atoms. The van der Waals surface area contributed by atoms with E-state index < -0.39 is 0 Å². The van der Waals surface area contributed by atoms with Gasteiger partial charge in [-0.15, -0.1) is 0 Å². The zero-order valence-corrected chi connectivity index (χ0v) is 15.4. The van der Waals surface area contributed by atoms with Gasteiger partial charge in [-0.25, -0.2) is 0 Å². The molecule has 0 aromatic heterocycles. The minimum absolute atomic E-state index is 0.750. The Morgan fingerprint density at radius 1 is 0.720 bits per heavy atom. The highest BCUT2D eigenvalue weighted by Crippen LogP contribution is 2.19. The molecule has 0 aliphatic carbocycles. The van der Waals surface area contributed by atoms with Crippen LogP contribution in [0.4, 0.5) is 5.69 Å². The van der Waals surface area contributed by atoms with E-state index in [2.05, 4.69) is 18.8 Å². The van der Waals surface area contributed by atoms with Gasteiger partial charge in [0.25, 0.3) is 0 Å². The van der Waals surface area contributed by atoms with Crippen LogP contribution in [0.2, 0.25) is 0 Å². The third-order valence-corrected chi connectivity index (χ3v) is 3.82. The lowest BCUT2D eigenvalue weighted by atomic mass is 10.2. The lowest BCUT2D eigenvalue weighted by Crippen LogP contribution is -1.96. The Kier molecular flexibility index (Phi) is 8.60. The van der Waals surface area contributed by atoms with Crippen molar-refractivity contribution in [3.8, 4) is 11.5 Å². The SMILES string of the molecule is CCCCCCOc1ccc(N=Cc2ccc(OCCC)cc2)cc1. The van der Waals surface area contributed by atoms with E-state index in [9.17, 15) is 0 Å². The molecule has 0 fully saturated rings. The summed E-state index contributed by atoms with van der Waals surface area (Å²) in [5.41, 5.74) is 1.98. The van der Waals surface area contributed by atoms with Crippen LogP contribution < -0.4 is 9.47 Å². The average molecular weight is 339 g/mol. The summed E-state index contributed by atoms with van der Waals surface area (Å²) in [5, 5.41) is 0. The average Bonchev–Trinajstić information content (AvgIpc) is 2.66. The van der Waals surface area contributed by atoms with E-state index >= 15 is 0 Å². The fourth-order valence-corrected chi connectivity index (χ4v) is 2.37. The van der Waals surface area contributed by atoms with Gasteiger partial charge in [-0.3, -0.25) is 4.99 Å². The second kappa shape index (κ2) is 11.3. The van der Waals surface area contributed by atoms with Gasteiger partial charge >= 0.3 is 0 Å². The third kappa shape index (κ3) is 7.42. The van der Waals surface area contributed by atoms with Gasteiger partial charge in [0.2, 0.25) is 0 Å². The molecular weight excluding hydrogens is 310 g/mol. The normalized spacial score (nSPS) is 11.0. The Bertz CT molecular complexity index is 617. The maximum absolute atomic E-state index is 5.75. The van der Waals surface area contributed by atoms with Gasteiger partial charge in [0, 0.05) is 6.21 Å². The minimum atomic E-state index is 0.750. The quantitative estimate of drug-likeness (QED) is 0.361. The van der Waals surface area contributed by atoms with Crippen LogP contribution in [0, 0.1) is 0 Å². The standard InChI is InChI=1S/C22H29NO2/c1-3-5-6-7-17-25-22-14-10-20(11-15-22)23-18-19-8-12-21(13-9-19)24-16-4-2/h8-15,18H,3-7,16-17H2,1-2H3. The Morgan fingerprint density at radius 3 is 2.00 bits per heavy atom. The van der Waals surface area contributed by atoms with Crippen molar-refractivity contribution in [1.29, 1.82) is 0 Å². The highest BCUT2D eigenvalue weighted by molar-refractivity contribution is 5.82. The molecule has 0 unspecified atom stereocenters. The van der Waals surface area contributed by atoms with E-state index in [1.54, 1.807) is 0 Å². The van der Waals surface area contributed by atoms with Crippen LogP contribution in [0.25, 0.3) is 0 Å². The number of aliphatic imine (C=N–C) groups is 1. The predicted molar refractivity (Wildman–Crippen MR) is 106 cm³/mol. The molecule has 2 aromatic carbocycles. The molecule has 0 heterocycles. The number of ether oxygens (including phenoxy) is 2. The Hall–Kier alpha value is -2.29. The third-order valence-electron chi connectivity index (χ3n) is 3.82. The van der Waals surface area contributed by atoms with Crippen LogP contribution >= 0.6 is 0 Å². The second-order valence-electron chi connectivity index (χ2n) is 6.08. The lowest BCUT2D eigenvalue weighted by Gasteiger charge is -2.06. The van der Waals surface area contributed by atoms with Crippen molar-refractivity contribution in [2.24, 2.45) is 4.99 Å². The molecule has 2 rings (SSSR count). The van der Waals surface area contributed by atoms with Crippen LogP contribution in [0.3, 0.4) is 0 Å². The number of hydrogen-bond donors (Lipinski definition) is 0. The highest BCUT2D eigenvalue weighted by Gasteiger charge is 1.96. The molecule has 2 aromatic rings. The number of benzene rings is 2. The van der Waals surface area contributed by atoms with Crippen LogP contribution in [-0.2, 0) is 0 Å². The summed E-state index contributed by atoms with van der Waals surface area (Å²) in [6, 6.07) is 15.9. The fourth-order valence-electron chi connectivity index (χ4n) is 2.37. The topological polar surface area (TPSA) is 30.8 Å². The van der Waals surface area contributed by atoms with E-state index in [1.165, 1.54) is 19.3 Å². The predicted octanol–water partition coefficient (Wildman–Crippen LogP) is 6.19. The molecule has 0 saturated heterocycles. The van der Waals surface area contributed by atoms with Crippen molar-refractivity contribution in [2.75, 3.05) is 13.2 Å². The molecule has 134 valence electrons. The molecule has 0 atom stereocenters. The van der Waals surface area contributed by atoms with Crippen molar-refractivity contribution in [1.82, 2.24) is 0 Å². The molecule has 0 N–H and O–H groups in total. The van der Waals surface area contributed by atoms with Crippen LogP contribution in [0.1, 0.15) is 51.5 Å². The molecular formula is C22H29NO2. The summed E-state index contributed by atoms with van der Waals surface area (Å²) in [6.45, 7) is 5.86. The highest BCUT2D eigenvalue weighted by atomic mass is 16.5. The van der Waals surface area contributed by atoms with Crippen molar-refractivity contribution in [2.45, 2.75) is 46.0 Å². The summed E-state index contributed by atoms with van der Waals surface area (Å²) in [7, 11) is 0. The summed E-state index contributed by atoms with van der Waals surface area (Å²) < 4.78 is 11.3. The monoisotopic (exact) mass is 339 g/mol. The van der Waals surface area contributed by atoms with Crippen molar-refractivity contribution in [3.63, 3.8) is 0 Å². The molecule has 0 saturated carbocycles. The number of unbranched alkanes of at least 4 members (excludes halogenated alkanes) is 3. The number of rotatable bonds is 11. The zero-order valence-electron chi connectivity index (χ0n) is 15.4. The summed E-state index contributed by atoms with van der Waals surface area (Å²) in [4.78, 5) is 4.51. The summed E-state index contributed by atoms with van der Waals surface area (Å²) in [6.07, 6.45) is 7.77.